The predicted octanol–water partition coefficient (Wildman–Crippen LogP) is 2.81. The summed E-state index contributed by atoms with van der Waals surface area (Å²) < 4.78 is 40.4. The van der Waals surface area contributed by atoms with Crippen molar-refractivity contribution < 1.29 is 17.9 Å². The summed E-state index contributed by atoms with van der Waals surface area (Å²) in [6.45, 7) is 5.09. The molecule has 0 saturated carbocycles. The molecule has 20 heavy (non-hydrogen) atoms. The van der Waals surface area contributed by atoms with Gasteiger partial charge in [-0.05, 0) is 38.8 Å². The molecule has 0 amide bonds. The van der Waals surface area contributed by atoms with Crippen molar-refractivity contribution in [1.82, 2.24) is 10.2 Å². The average Bonchev–Trinajstić information content (AvgIpc) is 2.39. The average molecular weight is 296 g/mol. The van der Waals surface area contributed by atoms with Gasteiger partial charge in [0.2, 0.25) is 0 Å². The van der Waals surface area contributed by atoms with E-state index in [9.17, 15) is 13.2 Å². The standard InChI is InChI=1S/C14H27F3N2O/c1-2-7-18-11-13-6-3-4-8-19(13)9-5-10-20-12-14(15,16)17/h13,18H,2-12H2,1H3. The molecule has 1 atom stereocenters. The Hall–Kier alpha value is -0.330. The molecule has 0 aromatic rings. The maximum atomic E-state index is 11.9. The summed E-state index contributed by atoms with van der Waals surface area (Å²) >= 11 is 0. The number of alkyl halides is 3. The third kappa shape index (κ3) is 8.07. The van der Waals surface area contributed by atoms with Crippen LogP contribution in [-0.2, 0) is 4.74 Å². The molecule has 0 spiro atoms. The molecule has 0 aromatic carbocycles. The Morgan fingerprint density at radius 3 is 2.80 bits per heavy atom. The molecule has 1 saturated heterocycles. The first-order valence-electron chi connectivity index (χ1n) is 7.62. The van der Waals surface area contributed by atoms with E-state index in [1.54, 1.807) is 0 Å². The van der Waals surface area contributed by atoms with Crippen molar-refractivity contribution in [2.45, 2.75) is 51.2 Å². The highest BCUT2D eigenvalue weighted by atomic mass is 19.4. The Kier molecular flexibility index (Phi) is 8.49. The normalized spacial score (nSPS) is 21.3. The summed E-state index contributed by atoms with van der Waals surface area (Å²) in [7, 11) is 0. The molecule has 0 aromatic heterocycles. The molecular formula is C14H27F3N2O. The van der Waals surface area contributed by atoms with E-state index in [2.05, 4.69) is 21.9 Å². The number of hydrogen-bond acceptors (Lipinski definition) is 3. The number of piperidine rings is 1. The molecule has 1 aliphatic rings. The Balaban J connectivity index is 2.15. The van der Waals surface area contributed by atoms with Crippen molar-refractivity contribution in [1.29, 1.82) is 0 Å². The van der Waals surface area contributed by atoms with Gasteiger partial charge in [0.15, 0.2) is 0 Å². The van der Waals surface area contributed by atoms with Crippen molar-refractivity contribution in [3.8, 4) is 0 Å². The third-order valence-electron chi connectivity index (χ3n) is 3.56. The van der Waals surface area contributed by atoms with E-state index in [1.807, 2.05) is 0 Å². The number of halogens is 3. The zero-order chi connectivity index (χ0) is 14.8. The van der Waals surface area contributed by atoms with Crippen LogP contribution in [0.5, 0.6) is 0 Å². The highest BCUT2D eigenvalue weighted by Gasteiger charge is 2.27. The van der Waals surface area contributed by atoms with Gasteiger partial charge in [0.1, 0.15) is 6.61 Å². The SMILES string of the molecule is CCCNCC1CCCCN1CCCOCC(F)(F)F. The molecule has 6 heteroatoms. The number of rotatable bonds is 9. The lowest BCUT2D eigenvalue weighted by Crippen LogP contribution is -2.46. The fourth-order valence-corrected chi connectivity index (χ4v) is 2.59. The molecule has 3 nitrogen and oxygen atoms in total. The van der Waals surface area contributed by atoms with E-state index in [1.165, 1.54) is 19.3 Å². The molecular weight excluding hydrogens is 269 g/mol. The van der Waals surface area contributed by atoms with Crippen LogP contribution < -0.4 is 5.32 Å². The first-order chi connectivity index (χ1) is 9.53. The van der Waals surface area contributed by atoms with Crippen LogP contribution in [0.2, 0.25) is 0 Å². The molecule has 1 fully saturated rings. The number of hydrogen-bond donors (Lipinski definition) is 1. The van der Waals surface area contributed by atoms with Crippen LogP contribution >= 0.6 is 0 Å². The zero-order valence-electron chi connectivity index (χ0n) is 12.3. The third-order valence-corrected chi connectivity index (χ3v) is 3.56. The minimum Gasteiger partial charge on any atom is -0.372 e. The fourth-order valence-electron chi connectivity index (χ4n) is 2.59. The summed E-state index contributed by atoms with van der Waals surface area (Å²) in [6.07, 6.45) is 1.20. The summed E-state index contributed by atoms with van der Waals surface area (Å²) in [4.78, 5) is 2.39. The van der Waals surface area contributed by atoms with Gasteiger partial charge in [-0.25, -0.2) is 0 Å². The number of nitrogens with one attached hydrogen (secondary N) is 1. The van der Waals surface area contributed by atoms with Crippen LogP contribution in [0.15, 0.2) is 0 Å². The van der Waals surface area contributed by atoms with E-state index in [4.69, 9.17) is 0 Å². The number of ether oxygens (including phenoxy) is 1. The quantitative estimate of drug-likeness (QED) is 0.662. The fraction of sp³-hybridized carbons (Fsp3) is 1.00. The second-order valence-electron chi connectivity index (χ2n) is 5.41. The zero-order valence-corrected chi connectivity index (χ0v) is 12.3. The van der Waals surface area contributed by atoms with Gasteiger partial charge in [0.25, 0.3) is 0 Å². The maximum Gasteiger partial charge on any atom is 0.411 e. The van der Waals surface area contributed by atoms with Crippen LogP contribution in [0.4, 0.5) is 13.2 Å². The predicted molar refractivity (Wildman–Crippen MR) is 73.9 cm³/mol. The molecule has 0 aliphatic carbocycles. The summed E-state index contributed by atoms with van der Waals surface area (Å²) in [5.41, 5.74) is 0. The first-order valence-corrected chi connectivity index (χ1v) is 7.62. The Bertz CT molecular complexity index is 249. The minimum absolute atomic E-state index is 0.186. The summed E-state index contributed by atoms with van der Waals surface area (Å²) in [5, 5.41) is 3.43. The monoisotopic (exact) mass is 296 g/mol. The Labute approximate surface area is 119 Å². The lowest BCUT2D eigenvalue weighted by atomic mass is 10.0. The van der Waals surface area contributed by atoms with Crippen molar-refractivity contribution in [2.75, 3.05) is 39.4 Å². The van der Waals surface area contributed by atoms with Gasteiger partial charge in [-0.3, -0.25) is 4.90 Å². The van der Waals surface area contributed by atoms with Crippen LogP contribution in [0.1, 0.15) is 39.0 Å². The van der Waals surface area contributed by atoms with Crippen molar-refractivity contribution >= 4 is 0 Å². The van der Waals surface area contributed by atoms with E-state index in [0.29, 0.717) is 12.5 Å². The molecule has 0 bridgehead atoms. The highest BCUT2D eigenvalue weighted by molar-refractivity contribution is 4.78. The van der Waals surface area contributed by atoms with Crippen molar-refractivity contribution in [2.24, 2.45) is 0 Å². The van der Waals surface area contributed by atoms with Crippen molar-refractivity contribution in [3.05, 3.63) is 0 Å². The van der Waals surface area contributed by atoms with Gasteiger partial charge in [-0.1, -0.05) is 13.3 Å². The highest BCUT2D eigenvalue weighted by Crippen LogP contribution is 2.17. The van der Waals surface area contributed by atoms with Gasteiger partial charge in [0, 0.05) is 25.7 Å². The summed E-state index contributed by atoms with van der Waals surface area (Å²) in [5.74, 6) is 0. The van der Waals surface area contributed by atoms with Crippen LogP contribution in [-0.4, -0.2) is 56.5 Å². The topological polar surface area (TPSA) is 24.5 Å². The van der Waals surface area contributed by atoms with Gasteiger partial charge in [-0.2, -0.15) is 13.2 Å². The summed E-state index contributed by atoms with van der Waals surface area (Å²) in [6, 6.07) is 0.526. The lowest BCUT2D eigenvalue weighted by Gasteiger charge is -2.36. The number of nitrogens with zero attached hydrogens (tertiary/aromatic N) is 1. The molecule has 1 unspecified atom stereocenters. The van der Waals surface area contributed by atoms with Gasteiger partial charge >= 0.3 is 6.18 Å². The first kappa shape index (κ1) is 17.7. The molecule has 1 N–H and O–H groups in total. The van der Waals surface area contributed by atoms with Gasteiger partial charge < -0.3 is 10.1 Å². The molecule has 1 aliphatic heterocycles. The van der Waals surface area contributed by atoms with Crippen molar-refractivity contribution in [3.63, 3.8) is 0 Å². The van der Waals surface area contributed by atoms with Crippen LogP contribution in [0, 0.1) is 0 Å². The minimum atomic E-state index is -4.21. The van der Waals surface area contributed by atoms with E-state index < -0.39 is 12.8 Å². The smallest absolute Gasteiger partial charge is 0.372 e. The molecule has 0 radical (unpaired) electrons. The Morgan fingerprint density at radius 2 is 2.10 bits per heavy atom. The second kappa shape index (κ2) is 9.58. The largest absolute Gasteiger partial charge is 0.411 e. The van der Waals surface area contributed by atoms with E-state index in [0.717, 1.165) is 32.6 Å². The molecule has 1 rings (SSSR count). The van der Waals surface area contributed by atoms with Crippen LogP contribution in [0.25, 0.3) is 0 Å². The number of likely N-dealkylation sites (tertiary alicyclic amines) is 1. The van der Waals surface area contributed by atoms with Gasteiger partial charge in [-0.15, -0.1) is 0 Å². The maximum absolute atomic E-state index is 11.9. The molecule has 120 valence electrons. The van der Waals surface area contributed by atoms with Crippen LogP contribution in [0.3, 0.4) is 0 Å². The lowest BCUT2D eigenvalue weighted by molar-refractivity contribution is -0.174. The molecule has 1 heterocycles. The van der Waals surface area contributed by atoms with Gasteiger partial charge in [0.05, 0.1) is 0 Å². The Morgan fingerprint density at radius 1 is 1.30 bits per heavy atom. The van der Waals surface area contributed by atoms with E-state index >= 15 is 0 Å². The van der Waals surface area contributed by atoms with E-state index in [-0.39, 0.29) is 6.61 Å². The second-order valence-corrected chi connectivity index (χ2v) is 5.41.